The number of fused-ring (bicyclic) bond motifs is 1. The van der Waals surface area contributed by atoms with E-state index in [-0.39, 0.29) is 11.2 Å². The lowest BCUT2D eigenvalue weighted by Gasteiger charge is -2.26. The summed E-state index contributed by atoms with van der Waals surface area (Å²) in [6, 6.07) is 0. The second-order valence-corrected chi connectivity index (χ2v) is 9.39. The molecule has 1 fully saturated rings. The van der Waals surface area contributed by atoms with Gasteiger partial charge in [0.1, 0.15) is 0 Å². The lowest BCUT2D eigenvalue weighted by molar-refractivity contribution is -0.203. The Morgan fingerprint density at radius 2 is 1.89 bits per heavy atom. The van der Waals surface area contributed by atoms with E-state index in [9.17, 15) is 27.6 Å². The van der Waals surface area contributed by atoms with E-state index in [0.29, 0.717) is 36.1 Å². The Morgan fingerprint density at radius 3 is 2.60 bits per heavy atom. The van der Waals surface area contributed by atoms with Crippen molar-refractivity contribution in [2.75, 3.05) is 24.5 Å². The number of esters is 1. The van der Waals surface area contributed by atoms with Crippen molar-refractivity contribution in [1.82, 2.24) is 24.0 Å². The molecule has 10 nitrogen and oxygen atoms in total. The SMILES string of the molecule is Cn1c(=O)n(COC(=O)C(F)(F)F)c(=O)c2c1nc(N1CCC3=C1CNC3)n2CC1CCCCC1. The van der Waals surface area contributed by atoms with Gasteiger partial charge in [-0.3, -0.25) is 9.36 Å². The van der Waals surface area contributed by atoms with Crippen LogP contribution in [0.3, 0.4) is 0 Å². The van der Waals surface area contributed by atoms with Crippen molar-refractivity contribution >= 4 is 23.1 Å². The molecule has 1 N–H and O–H groups in total. The van der Waals surface area contributed by atoms with Crippen molar-refractivity contribution in [1.29, 1.82) is 0 Å². The molecule has 0 atom stereocenters. The van der Waals surface area contributed by atoms with E-state index in [1.54, 1.807) is 0 Å². The predicted molar refractivity (Wildman–Crippen MR) is 120 cm³/mol. The van der Waals surface area contributed by atoms with Gasteiger partial charge < -0.3 is 19.5 Å². The number of aromatic nitrogens is 4. The van der Waals surface area contributed by atoms with Gasteiger partial charge in [-0.05, 0) is 30.8 Å². The third-order valence-electron chi connectivity index (χ3n) is 7.18. The van der Waals surface area contributed by atoms with Gasteiger partial charge in [0, 0.05) is 38.9 Å². The summed E-state index contributed by atoms with van der Waals surface area (Å²) in [5.74, 6) is -1.60. The number of aryl methyl sites for hydroxylation is 1. The second-order valence-electron chi connectivity index (χ2n) is 9.39. The first-order valence-corrected chi connectivity index (χ1v) is 11.8. The van der Waals surface area contributed by atoms with Crippen LogP contribution in [0.2, 0.25) is 0 Å². The highest BCUT2D eigenvalue weighted by atomic mass is 19.4. The molecule has 0 aromatic carbocycles. The van der Waals surface area contributed by atoms with E-state index in [1.165, 1.54) is 12.6 Å². The Morgan fingerprint density at radius 1 is 1.14 bits per heavy atom. The Kier molecular flexibility index (Phi) is 5.98. The minimum Gasteiger partial charge on any atom is -0.437 e. The highest BCUT2D eigenvalue weighted by Gasteiger charge is 2.41. The van der Waals surface area contributed by atoms with Crippen LogP contribution in [-0.2, 0) is 29.9 Å². The first kappa shape index (κ1) is 23.6. The number of ether oxygens (including phenoxy) is 1. The molecule has 3 aliphatic rings. The number of nitrogens with one attached hydrogen (secondary N) is 1. The van der Waals surface area contributed by atoms with E-state index >= 15 is 0 Å². The van der Waals surface area contributed by atoms with E-state index in [1.807, 2.05) is 4.57 Å². The number of hydrogen-bond acceptors (Lipinski definition) is 7. The maximum absolute atomic E-state index is 13.5. The normalized spacial score (nSPS) is 19.1. The van der Waals surface area contributed by atoms with Gasteiger partial charge in [-0.25, -0.2) is 14.2 Å². The lowest BCUT2D eigenvalue weighted by atomic mass is 9.89. The van der Waals surface area contributed by atoms with E-state index in [2.05, 4.69) is 15.0 Å². The molecule has 0 amide bonds. The summed E-state index contributed by atoms with van der Waals surface area (Å²) in [6.45, 7) is 1.55. The number of nitrogens with zero attached hydrogens (tertiary/aromatic N) is 5. The zero-order chi connectivity index (χ0) is 24.9. The van der Waals surface area contributed by atoms with Crippen LogP contribution >= 0.6 is 0 Å². The number of halogens is 3. The largest absolute Gasteiger partial charge is 0.490 e. The molecule has 0 radical (unpaired) electrons. The van der Waals surface area contributed by atoms with Crippen LogP contribution in [0, 0.1) is 5.92 Å². The van der Waals surface area contributed by atoms with Crippen molar-refractivity contribution in [2.24, 2.45) is 13.0 Å². The summed E-state index contributed by atoms with van der Waals surface area (Å²) in [4.78, 5) is 44.3. The molecule has 2 aromatic rings. The van der Waals surface area contributed by atoms with Gasteiger partial charge in [-0.2, -0.15) is 18.2 Å². The Bertz CT molecular complexity index is 1320. The minimum atomic E-state index is -5.23. The highest BCUT2D eigenvalue weighted by Crippen LogP contribution is 2.34. The molecule has 0 unspecified atom stereocenters. The smallest absolute Gasteiger partial charge is 0.437 e. The molecule has 2 aliphatic heterocycles. The molecular formula is C22H27F3N6O4. The third kappa shape index (κ3) is 4.15. The number of imidazole rings is 1. The summed E-state index contributed by atoms with van der Waals surface area (Å²) >= 11 is 0. The Hall–Kier alpha value is -3.09. The predicted octanol–water partition coefficient (Wildman–Crippen LogP) is 1.61. The molecular weight excluding hydrogens is 469 g/mol. The van der Waals surface area contributed by atoms with Crippen LogP contribution in [0.1, 0.15) is 38.5 Å². The summed E-state index contributed by atoms with van der Waals surface area (Å²) in [5.41, 5.74) is 0.932. The first-order chi connectivity index (χ1) is 16.7. The number of carbonyl (C=O) groups is 1. The first-order valence-electron chi connectivity index (χ1n) is 11.8. The number of alkyl halides is 3. The number of carbonyl (C=O) groups excluding carboxylic acids is 1. The van der Waals surface area contributed by atoms with Crippen LogP contribution in [0.25, 0.3) is 11.2 Å². The van der Waals surface area contributed by atoms with Crippen molar-refractivity contribution in [3.05, 3.63) is 32.1 Å². The average molecular weight is 496 g/mol. The molecule has 0 spiro atoms. The summed E-state index contributed by atoms with van der Waals surface area (Å²) < 4.78 is 45.5. The second kappa shape index (κ2) is 8.85. The molecule has 0 saturated heterocycles. The molecule has 1 aliphatic carbocycles. The minimum absolute atomic E-state index is 0.121. The fourth-order valence-corrected chi connectivity index (χ4v) is 5.37. The zero-order valence-electron chi connectivity index (χ0n) is 19.4. The topological polar surface area (TPSA) is 103 Å². The Balaban J connectivity index is 1.63. The summed E-state index contributed by atoms with van der Waals surface area (Å²) in [5, 5.41) is 3.32. The van der Waals surface area contributed by atoms with Crippen LogP contribution in [0.15, 0.2) is 20.9 Å². The van der Waals surface area contributed by atoms with Gasteiger partial charge in [0.05, 0.1) is 0 Å². The summed E-state index contributed by atoms with van der Waals surface area (Å²) in [7, 11) is 1.40. The highest BCUT2D eigenvalue weighted by molar-refractivity contribution is 5.76. The number of rotatable bonds is 5. The fraction of sp³-hybridized carbons (Fsp3) is 0.636. The third-order valence-corrected chi connectivity index (χ3v) is 7.18. The van der Waals surface area contributed by atoms with Crippen molar-refractivity contribution in [2.45, 2.75) is 58.0 Å². The number of hydrogen-bond donors (Lipinski definition) is 1. The van der Waals surface area contributed by atoms with Gasteiger partial charge in [0.25, 0.3) is 5.56 Å². The van der Waals surface area contributed by atoms with Crippen molar-refractivity contribution in [3.8, 4) is 0 Å². The fourth-order valence-electron chi connectivity index (χ4n) is 5.37. The van der Waals surface area contributed by atoms with Crippen LogP contribution in [0.4, 0.5) is 19.1 Å². The lowest BCUT2D eigenvalue weighted by Crippen LogP contribution is -2.41. The van der Waals surface area contributed by atoms with Crippen molar-refractivity contribution < 1.29 is 22.7 Å². The van der Waals surface area contributed by atoms with Gasteiger partial charge in [-0.1, -0.05) is 19.3 Å². The molecule has 1 saturated carbocycles. The van der Waals surface area contributed by atoms with Gasteiger partial charge >= 0.3 is 17.8 Å². The average Bonchev–Trinajstić information content (AvgIpc) is 3.52. The van der Waals surface area contributed by atoms with Crippen LogP contribution in [-0.4, -0.2) is 50.5 Å². The number of anilines is 1. The van der Waals surface area contributed by atoms with Crippen LogP contribution in [0.5, 0.6) is 0 Å². The molecule has 5 rings (SSSR count). The molecule has 35 heavy (non-hydrogen) atoms. The quantitative estimate of drug-likeness (QED) is 0.628. The Labute approximate surface area is 198 Å². The van der Waals surface area contributed by atoms with Gasteiger partial charge in [-0.15, -0.1) is 0 Å². The molecule has 0 bridgehead atoms. The summed E-state index contributed by atoms with van der Waals surface area (Å²) in [6.07, 6.45) is 0.970. The van der Waals surface area contributed by atoms with Gasteiger partial charge in [0.2, 0.25) is 5.95 Å². The molecule has 2 aromatic heterocycles. The van der Waals surface area contributed by atoms with Crippen LogP contribution < -0.4 is 21.5 Å². The van der Waals surface area contributed by atoms with Gasteiger partial charge in [0.15, 0.2) is 17.9 Å². The zero-order valence-corrected chi connectivity index (χ0v) is 19.4. The maximum Gasteiger partial charge on any atom is 0.490 e. The maximum atomic E-state index is 13.5. The molecule has 4 heterocycles. The van der Waals surface area contributed by atoms with E-state index in [4.69, 9.17) is 4.98 Å². The van der Waals surface area contributed by atoms with E-state index < -0.39 is 30.1 Å². The standard InChI is InChI=1S/C22H27F3N6O4/c1-28-17-16(18(32)31(21(28)34)12-35-19(33)22(23,24)25)30(11-13-5-3-2-4-6-13)20(27-17)29-8-7-14-9-26-10-15(14)29/h13,26H,2-12H2,1H3. The molecule has 13 heteroatoms. The monoisotopic (exact) mass is 496 g/mol. The van der Waals surface area contributed by atoms with Crippen molar-refractivity contribution in [3.63, 3.8) is 0 Å². The van der Waals surface area contributed by atoms with E-state index in [0.717, 1.165) is 55.3 Å². The molecule has 190 valence electrons.